The van der Waals surface area contributed by atoms with E-state index in [0.717, 1.165) is 31.0 Å². The normalized spacial score (nSPS) is 19.4. The number of aromatic nitrogens is 2. The van der Waals surface area contributed by atoms with Crippen LogP contribution in [-0.2, 0) is 11.3 Å². The van der Waals surface area contributed by atoms with Crippen LogP contribution < -0.4 is 16.4 Å². The zero-order chi connectivity index (χ0) is 21.5. The minimum Gasteiger partial charge on any atom is -0.368 e. The van der Waals surface area contributed by atoms with Crippen molar-refractivity contribution in [3.8, 4) is 0 Å². The third-order valence-corrected chi connectivity index (χ3v) is 5.43. The summed E-state index contributed by atoms with van der Waals surface area (Å²) in [5, 5.41) is 5.89. The number of carbonyl (C=O) groups excluding carboxylic acids is 2. The number of rotatable bonds is 6. The second kappa shape index (κ2) is 9.91. The van der Waals surface area contributed by atoms with Crippen molar-refractivity contribution in [2.24, 2.45) is 16.6 Å². The number of nitrogens with two attached hydrogens (primary N) is 1. The number of hydrogen-bond donors (Lipinski definition) is 3. The molecule has 2 aromatic rings. The Balaban J connectivity index is 1.56. The first kappa shape index (κ1) is 21.4. The molecule has 0 spiro atoms. The molecular formula is C21H29N7O2. The van der Waals surface area contributed by atoms with Crippen LogP contribution in [0, 0.1) is 5.92 Å². The second-order valence-electron chi connectivity index (χ2n) is 7.54. The van der Waals surface area contributed by atoms with Gasteiger partial charge in [0.25, 0.3) is 5.91 Å². The van der Waals surface area contributed by atoms with Gasteiger partial charge < -0.3 is 25.8 Å². The zero-order valence-electron chi connectivity index (χ0n) is 17.4. The van der Waals surface area contributed by atoms with E-state index in [-0.39, 0.29) is 12.5 Å². The van der Waals surface area contributed by atoms with Crippen LogP contribution in [0.25, 0.3) is 0 Å². The molecule has 2 amide bonds. The molecule has 2 unspecified atom stereocenters. The molecule has 1 saturated heterocycles. The largest absolute Gasteiger partial charge is 0.368 e. The van der Waals surface area contributed by atoms with Gasteiger partial charge >= 0.3 is 0 Å². The minimum atomic E-state index is -0.571. The van der Waals surface area contributed by atoms with Gasteiger partial charge in [-0.05, 0) is 30.0 Å². The maximum Gasteiger partial charge on any atom is 0.251 e. The van der Waals surface area contributed by atoms with Crippen LogP contribution in [0.4, 0.5) is 0 Å². The van der Waals surface area contributed by atoms with E-state index in [1.165, 1.54) is 0 Å². The van der Waals surface area contributed by atoms with Crippen LogP contribution >= 0.6 is 0 Å². The summed E-state index contributed by atoms with van der Waals surface area (Å²) in [5.74, 6) is 0.534. The standard InChI is InChI=1S/C21H29N7O2/c1-15-7-9-27(13-18(15)28-10-8-24-14-28)21(23-2)26-11-16-3-5-17(6-4-16)20(30)25-12-19(22)29/h3-6,8,10,14-15,18H,7,9,11-13H2,1-2H3,(H2,22,29)(H,23,26)(H,25,30). The highest BCUT2D eigenvalue weighted by atomic mass is 16.2. The number of hydrogen-bond acceptors (Lipinski definition) is 4. The van der Waals surface area contributed by atoms with Gasteiger partial charge in [0.2, 0.25) is 5.91 Å². The molecule has 1 aromatic carbocycles. The second-order valence-corrected chi connectivity index (χ2v) is 7.54. The molecule has 1 aliphatic rings. The highest BCUT2D eigenvalue weighted by Gasteiger charge is 2.28. The van der Waals surface area contributed by atoms with Crippen LogP contribution in [0.5, 0.6) is 0 Å². The number of aliphatic imine (C=N–C) groups is 1. The molecule has 1 fully saturated rings. The van der Waals surface area contributed by atoms with E-state index in [0.29, 0.717) is 24.1 Å². The maximum atomic E-state index is 12.0. The fourth-order valence-electron chi connectivity index (χ4n) is 3.65. The lowest BCUT2D eigenvalue weighted by molar-refractivity contribution is -0.117. The molecule has 30 heavy (non-hydrogen) atoms. The van der Waals surface area contributed by atoms with E-state index in [2.05, 4.69) is 37.0 Å². The number of primary amides is 1. The summed E-state index contributed by atoms with van der Waals surface area (Å²) in [6, 6.07) is 7.58. The van der Waals surface area contributed by atoms with Crippen molar-refractivity contribution in [2.45, 2.75) is 25.9 Å². The predicted octanol–water partition coefficient (Wildman–Crippen LogP) is 0.757. The van der Waals surface area contributed by atoms with Gasteiger partial charge in [-0.3, -0.25) is 14.6 Å². The number of benzene rings is 1. The summed E-state index contributed by atoms with van der Waals surface area (Å²) >= 11 is 0. The van der Waals surface area contributed by atoms with Crippen molar-refractivity contribution in [1.29, 1.82) is 0 Å². The van der Waals surface area contributed by atoms with Gasteiger partial charge in [0.15, 0.2) is 5.96 Å². The first-order valence-corrected chi connectivity index (χ1v) is 10.1. The number of carbonyl (C=O) groups is 2. The fourth-order valence-corrected chi connectivity index (χ4v) is 3.65. The van der Waals surface area contributed by atoms with Gasteiger partial charge in [-0.15, -0.1) is 0 Å². The van der Waals surface area contributed by atoms with Crippen molar-refractivity contribution in [1.82, 2.24) is 25.1 Å². The molecule has 1 aliphatic heterocycles. The van der Waals surface area contributed by atoms with Gasteiger partial charge in [0.1, 0.15) is 0 Å². The van der Waals surface area contributed by atoms with Crippen LogP contribution in [0.3, 0.4) is 0 Å². The fraction of sp³-hybridized carbons (Fsp3) is 0.429. The third-order valence-electron chi connectivity index (χ3n) is 5.43. The average Bonchev–Trinajstić information content (AvgIpc) is 3.28. The SMILES string of the molecule is CN=C(NCc1ccc(C(=O)NCC(N)=O)cc1)N1CCC(C)C(n2ccnc2)C1. The number of guanidine groups is 1. The number of nitrogens with zero attached hydrogens (tertiary/aromatic N) is 4. The predicted molar refractivity (Wildman–Crippen MR) is 115 cm³/mol. The Hall–Kier alpha value is -3.36. The molecule has 4 N–H and O–H groups in total. The Labute approximate surface area is 176 Å². The number of imidazole rings is 1. The van der Waals surface area contributed by atoms with E-state index < -0.39 is 5.91 Å². The number of piperidine rings is 1. The van der Waals surface area contributed by atoms with E-state index in [1.807, 2.05) is 30.9 Å². The molecule has 2 heterocycles. The summed E-state index contributed by atoms with van der Waals surface area (Å²) in [6.45, 7) is 4.52. The van der Waals surface area contributed by atoms with E-state index in [4.69, 9.17) is 5.73 Å². The first-order chi connectivity index (χ1) is 14.5. The molecule has 0 bridgehead atoms. The van der Waals surface area contributed by atoms with Gasteiger partial charge in [0, 0.05) is 44.6 Å². The molecule has 9 heteroatoms. The molecule has 160 valence electrons. The van der Waals surface area contributed by atoms with Crippen LogP contribution in [0.1, 0.15) is 35.3 Å². The molecule has 9 nitrogen and oxygen atoms in total. The van der Waals surface area contributed by atoms with E-state index >= 15 is 0 Å². The maximum absolute atomic E-state index is 12.0. The topological polar surface area (TPSA) is 118 Å². The Bertz CT molecular complexity index is 877. The first-order valence-electron chi connectivity index (χ1n) is 10.1. The van der Waals surface area contributed by atoms with Crippen molar-refractivity contribution in [3.05, 3.63) is 54.1 Å². The Morgan fingerprint density at radius 1 is 1.27 bits per heavy atom. The lowest BCUT2D eigenvalue weighted by atomic mass is 9.93. The molecule has 0 radical (unpaired) electrons. The molecule has 1 aromatic heterocycles. The summed E-state index contributed by atoms with van der Waals surface area (Å²) in [5.41, 5.74) is 6.56. The lowest BCUT2D eigenvalue weighted by Gasteiger charge is -2.39. The lowest BCUT2D eigenvalue weighted by Crippen LogP contribution is -2.48. The number of likely N-dealkylation sites (tertiary alicyclic amines) is 1. The van der Waals surface area contributed by atoms with Gasteiger partial charge in [-0.2, -0.15) is 0 Å². The van der Waals surface area contributed by atoms with E-state index in [1.54, 1.807) is 19.2 Å². The molecule has 0 aliphatic carbocycles. The highest BCUT2D eigenvalue weighted by Crippen LogP contribution is 2.27. The van der Waals surface area contributed by atoms with Crippen LogP contribution in [0.2, 0.25) is 0 Å². The van der Waals surface area contributed by atoms with Crippen molar-refractivity contribution >= 4 is 17.8 Å². The highest BCUT2D eigenvalue weighted by molar-refractivity contribution is 5.96. The minimum absolute atomic E-state index is 0.174. The van der Waals surface area contributed by atoms with Crippen LogP contribution in [0.15, 0.2) is 48.0 Å². The average molecular weight is 412 g/mol. The smallest absolute Gasteiger partial charge is 0.251 e. The number of nitrogens with one attached hydrogen (secondary N) is 2. The number of amides is 2. The molecular weight excluding hydrogens is 382 g/mol. The molecule has 0 saturated carbocycles. The van der Waals surface area contributed by atoms with Crippen LogP contribution in [-0.4, -0.2) is 58.9 Å². The molecule has 3 rings (SSSR count). The summed E-state index contributed by atoms with van der Waals surface area (Å²) in [6.07, 6.45) is 6.79. The van der Waals surface area contributed by atoms with Crippen molar-refractivity contribution in [2.75, 3.05) is 26.7 Å². The summed E-state index contributed by atoms with van der Waals surface area (Å²) < 4.78 is 2.17. The van der Waals surface area contributed by atoms with E-state index in [9.17, 15) is 9.59 Å². The Morgan fingerprint density at radius 2 is 2.03 bits per heavy atom. The van der Waals surface area contributed by atoms with Gasteiger partial charge in [-0.1, -0.05) is 19.1 Å². The Morgan fingerprint density at radius 3 is 2.67 bits per heavy atom. The van der Waals surface area contributed by atoms with Gasteiger partial charge in [0.05, 0.1) is 18.9 Å². The summed E-state index contributed by atoms with van der Waals surface area (Å²) in [4.78, 5) is 33.7. The summed E-state index contributed by atoms with van der Waals surface area (Å²) in [7, 11) is 1.79. The monoisotopic (exact) mass is 411 g/mol. The quantitative estimate of drug-likeness (QED) is 0.479. The molecule has 2 atom stereocenters. The Kier molecular flexibility index (Phi) is 7.05. The van der Waals surface area contributed by atoms with Crippen molar-refractivity contribution < 1.29 is 9.59 Å². The van der Waals surface area contributed by atoms with Gasteiger partial charge in [-0.25, -0.2) is 4.98 Å². The van der Waals surface area contributed by atoms with Crippen molar-refractivity contribution in [3.63, 3.8) is 0 Å². The zero-order valence-corrected chi connectivity index (χ0v) is 17.4. The third kappa shape index (κ3) is 5.37.